The number of anilines is 2. The first-order valence-electron chi connectivity index (χ1n) is 8.15. The van der Waals surface area contributed by atoms with Crippen molar-refractivity contribution >= 4 is 23.2 Å². The standard InChI is InChI=1S/C17H25N5O/c1-5-8-9-13(6-2)19-16-12(4)17(21-15(23)7-3)22-14(20-16)10-11-18-22/h7,10-11,13H,3,5-6,8-9H2,1-2,4H3,(H,19,20)(H,21,23). The summed E-state index contributed by atoms with van der Waals surface area (Å²) < 4.78 is 1.63. The van der Waals surface area contributed by atoms with E-state index in [4.69, 9.17) is 0 Å². The Labute approximate surface area is 137 Å². The average molecular weight is 315 g/mol. The molecule has 2 heterocycles. The van der Waals surface area contributed by atoms with Crippen LogP contribution in [0.5, 0.6) is 0 Å². The summed E-state index contributed by atoms with van der Waals surface area (Å²) in [6.07, 6.45) is 7.40. The van der Waals surface area contributed by atoms with Gasteiger partial charge in [0.2, 0.25) is 5.91 Å². The number of hydrogen-bond acceptors (Lipinski definition) is 4. The Balaban J connectivity index is 2.37. The highest BCUT2D eigenvalue weighted by Gasteiger charge is 2.16. The summed E-state index contributed by atoms with van der Waals surface area (Å²) >= 11 is 0. The van der Waals surface area contributed by atoms with Crippen LogP contribution >= 0.6 is 0 Å². The van der Waals surface area contributed by atoms with E-state index in [1.165, 1.54) is 18.9 Å². The maximum Gasteiger partial charge on any atom is 0.248 e. The average Bonchev–Trinajstić information content (AvgIpc) is 3.02. The Hall–Kier alpha value is -2.37. The topological polar surface area (TPSA) is 71.3 Å². The van der Waals surface area contributed by atoms with E-state index in [9.17, 15) is 4.79 Å². The number of fused-ring (bicyclic) bond motifs is 1. The fourth-order valence-corrected chi connectivity index (χ4v) is 2.50. The van der Waals surface area contributed by atoms with Crippen LogP contribution in [0, 0.1) is 6.92 Å². The van der Waals surface area contributed by atoms with E-state index in [0.29, 0.717) is 17.5 Å². The Bertz CT molecular complexity index is 692. The molecule has 0 aliphatic heterocycles. The van der Waals surface area contributed by atoms with Gasteiger partial charge in [0.1, 0.15) is 11.6 Å². The molecule has 6 nitrogen and oxygen atoms in total. The third-order valence-corrected chi connectivity index (χ3v) is 3.94. The molecule has 2 rings (SSSR count). The molecule has 0 spiro atoms. The molecular formula is C17H25N5O. The summed E-state index contributed by atoms with van der Waals surface area (Å²) in [6.45, 7) is 9.79. The number of unbranched alkanes of at least 4 members (excludes halogenated alkanes) is 1. The summed E-state index contributed by atoms with van der Waals surface area (Å²) in [5, 5.41) is 10.6. The van der Waals surface area contributed by atoms with Crippen molar-refractivity contribution in [2.24, 2.45) is 0 Å². The van der Waals surface area contributed by atoms with Crippen LogP contribution in [0.25, 0.3) is 5.65 Å². The number of nitrogens with one attached hydrogen (secondary N) is 2. The highest BCUT2D eigenvalue weighted by atomic mass is 16.1. The molecule has 0 saturated carbocycles. The molecule has 6 heteroatoms. The summed E-state index contributed by atoms with van der Waals surface area (Å²) in [5.41, 5.74) is 1.56. The molecule has 124 valence electrons. The largest absolute Gasteiger partial charge is 0.367 e. The van der Waals surface area contributed by atoms with Crippen molar-refractivity contribution in [3.8, 4) is 0 Å². The first-order valence-corrected chi connectivity index (χ1v) is 8.15. The van der Waals surface area contributed by atoms with Gasteiger partial charge in [-0.3, -0.25) is 4.79 Å². The van der Waals surface area contributed by atoms with Gasteiger partial charge in [0.15, 0.2) is 5.65 Å². The molecule has 1 atom stereocenters. The van der Waals surface area contributed by atoms with Crippen molar-refractivity contribution in [2.45, 2.75) is 52.5 Å². The molecule has 2 N–H and O–H groups in total. The van der Waals surface area contributed by atoms with Crippen LogP contribution < -0.4 is 10.6 Å². The van der Waals surface area contributed by atoms with E-state index in [0.717, 1.165) is 24.2 Å². The first kappa shape index (κ1) is 17.0. The minimum absolute atomic E-state index is 0.264. The monoisotopic (exact) mass is 315 g/mol. The van der Waals surface area contributed by atoms with Crippen molar-refractivity contribution in [3.63, 3.8) is 0 Å². The van der Waals surface area contributed by atoms with Gasteiger partial charge >= 0.3 is 0 Å². The lowest BCUT2D eigenvalue weighted by Crippen LogP contribution is -2.21. The van der Waals surface area contributed by atoms with Gasteiger partial charge in [-0.1, -0.05) is 33.3 Å². The number of carbonyl (C=O) groups is 1. The first-order chi connectivity index (χ1) is 11.1. The van der Waals surface area contributed by atoms with Crippen LogP contribution in [0.3, 0.4) is 0 Å². The third kappa shape index (κ3) is 3.88. The van der Waals surface area contributed by atoms with Gasteiger partial charge in [-0.15, -0.1) is 0 Å². The molecule has 1 amide bonds. The molecule has 0 aliphatic carbocycles. The molecule has 0 saturated heterocycles. The van der Waals surface area contributed by atoms with E-state index < -0.39 is 0 Å². The lowest BCUT2D eigenvalue weighted by Gasteiger charge is -2.20. The van der Waals surface area contributed by atoms with Gasteiger partial charge in [0.05, 0.1) is 6.20 Å². The van der Waals surface area contributed by atoms with Crippen LogP contribution in [0.15, 0.2) is 24.9 Å². The summed E-state index contributed by atoms with van der Waals surface area (Å²) in [6, 6.07) is 2.19. The molecule has 0 bridgehead atoms. The SMILES string of the molecule is C=CC(=O)Nc1c(C)c(NC(CC)CCCC)nc2ccnn12. The normalized spacial score (nSPS) is 12.1. The van der Waals surface area contributed by atoms with E-state index >= 15 is 0 Å². The van der Waals surface area contributed by atoms with E-state index in [2.05, 4.69) is 41.1 Å². The van der Waals surface area contributed by atoms with Crippen LogP contribution in [-0.4, -0.2) is 26.5 Å². The Morgan fingerprint density at radius 2 is 2.26 bits per heavy atom. The third-order valence-electron chi connectivity index (χ3n) is 3.94. The van der Waals surface area contributed by atoms with Crippen molar-refractivity contribution in [2.75, 3.05) is 10.6 Å². The second-order valence-electron chi connectivity index (χ2n) is 5.62. The number of rotatable bonds is 8. The number of hydrogen-bond donors (Lipinski definition) is 2. The van der Waals surface area contributed by atoms with Crippen LogP contribution in [0.4, 0.5) is 11.6 Å². The summed E-state index contributed by atoms with van der Waals surface area (Å²) in [7, 11) is 0. The highest BCUT2D eigenvalue weighted by Crippen LogP contribution is 2.25. The maximum atomic E-state index is 11.7. The molecule has 0 fully saturated rings. The fraction of sp³-hybridized carbons (Fsp3) is 0.471. The van der Waals surface area contributed by atoms with Crippen LogP contribution in [-0.2, 0) is 4.79 Å². The molecule has 2 aromatic rings. The van der Waals surface area contributed by atoms with E-state index in [1.54, 1.807) is 10.7 Å². The maximum absolute atomic E-state index is 11.7. The summed E-state index contributed by atoms with van der Waals surface area (Å²) in [4.78, 5) is 16.4. The fourth-order valence-electron chi connectivity index (χ4n) is 2.50. The molecule has 1 unspecified atom stereocenters. The highest BCUT2D eigenvalue weighted by molar-refractivity contribution is 5.99. The van der Waals surface area contributed by atoms with Crippen LogP contribution in [0.2, 0.25) is 0 Å². The van der Waals surface area contributed by atoms with Gasteiger partial charge in [0, 0.05) is 17.7 Å². The molecule has 0 aliphatic rings. The molecule has 0 aromatic carbocycles. The zero-order valence-corrected chi connectivity index (χ0v) is 14.1. The zero-order valence-electron chi connectivity index (χ0n) is 14.1. The Kier molecular flexibility index (Phi) is 5.73. The second-order valence-corrected chi connectivity index (χ2v) is 5.62. The smallest absolute Gasteiger partial charge is 0.248 e. The molecule has 2 aromatic heterocycles. The van der Waals surface area contributed by atoms with Gasteiger partial charge in [0.25, 0.3) is 0 Å². The minimum atomic E-state index is -0.264. The zero-order chi connectivity index (χ0) is 16.8. The quantitative estimate of drug-likeness (QED) is 0.731. The number of aromatic nitrogens is 3. The van der Waals surface area contributed by atoms with E-state index in [-0.39, 0.29) is 5.91 Å². The predicted octanol–water partition coefficient (Wildman–Crippen LogP) is 3.54. The van der Waals surface area contributed by atoms with Gasteiger partial charge < -0.3 is 10.6 Å². The minimum Gasteiger partial charge on any atom is -0.367 e. The van der Waals surface area contributed by atoms with Gasteiger partial charge in [-0.05, 0) is 25.8 Å². The predicted molar refractivity (Wildman–Crippen MR) is 93.8 cm³/mol. The molecule has 23 heavy (non-hydrogen) atoms. The summed E-state index contributed by atoms with van der Waals surface area (Å²) in [5.74, 6) is 1.15. The van der Waals surface area contributed by atoms with Crippen molar-refractivity contribution in [1.29, 1.82) is 0 Å². The lowest BCUT2D eigenvalue weighted by molar-refractivity contribution is -0.111. The Morgan fingerprint density at radius 3 is 2.91 bits per heavy atom. The van der Waals surface area contributed by atoms with Crippen molar-refractivity contribution < 1.29 is 4.79 Å². The number of carbonyl (C=O) groups excluding carboxylic acids is 1. The van der Waals surface area contributed by atoms with Crippen molar-refractivity contribution in [3.05, 3.63) is 30.5 Å². The van der Waals surface area contributed by atoms with Crippen molar-refractivity contribution in [1.82, 2.24) is 14.6 Å². The number of nitrogens with zero attached hydrogens (tertiary/aromatic N) is 3. The van der Waals surface area contributed by atoms with Crippen LogP contribution in [0.1, 0.15) is 45.1 Å². The van der Waals surface area contributed by atoms with Gasteiger partial charge in [-0.2, -0.15) is 9.61 Å². The lowest BCUT2D eigenvalue weighted by atomic mass is 10.1. The number of amides is 1. The molecular weight excluding hydrogens is 290 g/mol. The van der Waals surface area contributed by atoms with E-state index in [1.807, 2.05) is 13.0 Å². The second kappa shape index (κ2) is 7.76. The van der Waals surface area contributed by atoms with Gasteiger partial charge in [-0.25, -0.2) is 4.98 Å². The Morgan fingerprint density at radius 1 is 1.48 bits per heavy atom. The molecule has 0 radical (unpaired) electrons.